The van der Waals surface area contributed by atoms with Crippen LogP contribution in [-0.2, 0) is 28.6 Å². The lowest BCUT2D eigenvalue weighted by molar-refractivity contribution is -0.167. The third kappa shape index (κ3) is 68.5. The number of hydrogen-bond acceptors (Lipinski definition) is 6. The van der Waals surface area contributed by atoms with Gasteiger partial charge in [-0.05, 0) is 109 Å². The maximum Gasteiger partial charge on any atom is 0.306 e. The second-order valence-electron chi connectivity index (χ2n) is 23.0. The molecule has 0 aromatic heterocycles. The van der Waals surface area contributed by atoms with Crippen molar-refractivity contribution in [2.24, 2.45) is 0 Å². The van der Waals surface area contributed by atoms with E-state index in [9.17, 15) is 14.4 Å². The number of rotatable bonds is 63. The smallest absolute Gasteiger partial charge is 0.306 e. The Hall–Kier alpha value is -4.19. The highest BCUT2D eigenvalue weighted by Crippen LogP contribution is 2.17. The Morgan fingerprint density at radius 1 is 0.253 bits per heavy atom. The van der Waals surface area contributed by atoms with E-state index in [4.69, 9.17) is 14.2 Å². The van der Waals surface area contributed by atoms with E-state index in [0.29, 0.717) is 19.3 Å². The van der Waals surface area contributed by atoms with E-state index >= 15 is 0 Å². The molecule has 0 saturated carbocycles. The van der Waals surface area contributed by atoms with Crippen molar-refractivity contribution in [1.82, 2.24) is 0 Å². The summed E-state index contributed by atoms with van der Waals surface area (Å²) in [5.74, 6) is -0.903. The van der Waals surface area contributed by atoms with E-state index in [2.05, 4.69) is 142 Å². The summed E-state index contributed by atoms with van der Waals surface area (Å²) in [6, 6.07) is 0. The summed E-state index contributed by atoms with van der Waals surface area (Å²) in [6.07, 6.45) is 98.2. The molecule has 83 heavy (non-hydrogen) atoms. The van der Waals surface area contributed by atoms with Crippen LogP contribution in [0.4, 0.5) is 0 Å². The van der Waals surface area contributed by atoms with Crippen molar-refractivity contribution in [2.45, 2.75) is 335 Å². The largest absolute Gasteiger partial charge is 0.462 e. The molecule has 1 atom stereocenters. The predicted octanol–water partition coefficient (Wildman–Crippen LogP) is 24.3. The number of hydrogen-bond donors (Lipinski definition) is 0. The lowest BCUT2D eigenvalue weighted by atomic mass is 10.0. The van der Waals surface area contributed by atoms with Gasteiger partial charge in [0.1, 0.15) is 13.2 Å². The van der Waals surface area contributed by atoms with Crippen LogP contribution in [0.5, 0.6) is 0 Å². The predicted molar refractivity (Wildman–Crippen MR) is 362 cm³/mol. The lowest BCUT2D eigenvalue weighted by Crippen LogP contribution is -2.30. The Kier molecular flexibility index (Phi) is 66.7. The Balaban J connectivity index is 4.15. The van der Waals surface area contributed by atoms with Crippen molar-refractivity contribution in [1.29, 1.82) is 0 Å². The molecular formula is C77H130O6. The van der Waals surface area contributed by atoms with Crippen molar-refractivity contribution in [3.05, 3.63) is 122 Å². The third-order valence-corrected chi connectivity index (χ3v) is 15.0. The summed E-state index contributed by atoms with van der Waals surface area (Å²) in [5.41, 5.74) is 0. The second kappa shape index (κ2) is 70.3. The van der Waals surface area contributed by atoms with Crippen LogP contribution < -0.4 is 0 Å². The minimum Gasteiger partial charge on any atom is -0.462 e. The SMILES string of the molecule is CC/C=C\C/C=C\C/C=C\C/C=C\C/C=C\C/C=C\CCCCCCC(=O)OC(COC(=O)CCCCCCCCCCC)COC(=O)CCCCCCCCCCCCCCCCCCCCCC/C=C\C/C=C\C/C=C\C/C=C\CC. The first-order valence-corrected chi connectivity index (χ1v) is 35.0. The maximum atomic E-state index is 12.9. The van der Waals surface area contributed by atoms with Crippen LogP contribution in [0.2, 0.25) is 0 Å². The highest BCUT2D eigenvalue weighted by atomic mass is 16.6. The number of esters is 3. The number of carbonyl (C=O) groups is 3. The standard InChI is InChI=1S/C77H130O6/c1-4-7-10-13-16-19-21-23-25-27-29-31-33-34-35-36-37-38-39-40-41-42-44-45-47-49-51-53-55-58-61-64-67-70-76(79)82-73-74(72-81-75(78)69-66-63-60-57-18-15-12-9-6-3)83-77(80)71-68-65-62-59-56-54-52-50-48-46-43-32-30-28-26-24-22-20-17-14-11-8-5-2/h7-8,10-11,16-17,19-20,23-26,29-32,46,48,52,54,74H,4-6,9,12-15,18,21-22,27-28,33-45,47,49-51,53,55-73H2,1-3H3/b10-7-,11-8-,19-16-,20-17-,25-23-,26-24-,31-29-,32-30-,48-46-,54-52-. The van der Waals surface area contributed by atoms with E-state index in [1.54, 1.807) is 0 Å². The van der Waals surface area contributed by atoms with Gasteiger partial charge in [-0.3, -0.25) is 14.4 Å². The van der Waals surface area contributed by atoms with Crippen molar-refractivity contribution in [3.8, 4) is 0 Å². The summed E-state index contributed by atoms with van der Waals surface area (Å²) < 4.78 is 16.9. The van der Waals surface area contributed by atoms with Crippen molar-refractivity contribution >= 4 is 17.9 Å². The van der Waals surface area contributed by atoms with Gasteiger partial charge in [0.2, 0.25) is 0 Å². The van der Waals surface area contributed by atoms with Crippen LogP contribution in [0, 0.1) is 0 Å². The fourth-order valence-electron chi connectivity index (χ4n) is 9.79. The van der Waals surface area contributed by atoms with Gasteiger partial charge in [-0.2, -0.15) is 0 Å². The molecule has 474 valence electrons. The molecule has 0 aliphatic carbocycles. The molecule has 0 bridgehead atoms. The summed E-state index contributed by atoms with van der Waals surface area (Å²) in [5, 5.41) is 0. The third-order valence-electron chi connectivity index (χ3n) is 15.0. The fourth-order valence-corrected chi connectivity index (χ4v) is 9.79. The van der Waals surface area contributed by atoms with E-state index in [1.165, 1.54) is 154 Å². The number of carbonyl (C=O) groups excluding carboxylic acids is 3. The van der Waals surface area contributed by atoms with Gasteiger partial charge in [0.15, 0.2) is 6.10 Å². The monoisotopic (exact) mass is 1150 g/mol. The number of unbranched alkanes of at least 4 members (excludes halogenated alkanes) is 32. The molecule has 0 aromatic rings. The van der Waals surface area contributed by atoms with Crippen LogP contribution in [0.3, 0.4) is 0 Å². The molecule has 0 aliphatic rings. The Morgan fingerprint density at radius 2 is 0.470 bits per heavy atom. The molecule has 0 aliphatic heterocycles. The zero-order chi connectivity index (χ0) is 59.9. The van der Waals surface area contributed by atoms with Crippen molar-refractivity contribution in [3.63, 3.8) is 0 Å². The molecule has 6 nitrogen and oxygen atoms in total. The van der Waals surface area contributed by atoms with Crippen molar-refractivity contribution < 1.29 is 28.6 Å². The van der Waals surface area contributed by atoms with Crippen LogP contribution in [0.25, 0.3) is 0 Å². The first-order chi connectivity index (χ1) is 41.0. The molecule has 0 radical (unpaired) electrons. The summed E-state index contributed by atoms with van der Waals surface area (Å²) >= 11 is 0. The van der Waals surface area contributed by atoms with Crippen LogP contribution in [-0.4, -0.2) is 37.2 Å². The van der Waals surface area contributed by atoms with E-state index in [-0.39, 0.29) is 31.1 Å². The average Bonchev–Trinajstić information content (AvgIpc) is 3.49. The quantitative estimate of drug-likeness (QED) is 0.0261. The minimum absolute atomic E-state index is 0.0862. The van der Waals surface area contributed by atoms with Crippen LogP contribution in [0.1, 0.15) is 329 Å². The average molecular weight is 1150 g/mol. The second-order valence-corrected chi connectivity index (χ2v) is 23.0. The van der Waals surface area contributed by atoms with Gasteiger partial charge in [-0.25, -0.2) is 0 Å². The Morgan fingerprint density at radius 3 is 0.735 bits per heavy atom. The minimum atomic E-state index is -0.791. The molecule has 0 amide bonds. The zero-order valence-corrected chi connectivity index (χ0v) is 54.4. The van der Waals surface area contributed by atoms with Gasteiger partial charge in [0.25, 0.3) is 0 Å². The molecular weight excluding hydrogens is 1020 g/mol. The molecule has 0 spiro atoms. The number of allylic oxidation sites excluding steroid dienone is 20. The molecule has 0 aromatic carbocycles. The molecule has 0 rings (SSSR count). The highest BCUT2D eigenvalue weighted by Gasteiger charge is 2.19. The molecule has 0 saturated heterocycles. The maximum absolute atomic E-state index is 12.9. The zero-order valence-electron chi connectivity index (χ0n) is 54.4. The lowest BCUT2D eigenvalue weighted by Gasteiger charge is -2.18. The van der Waals surface area contributed by atoms with Gasteiger partial charge >= 0.3 is 17.9 Å². The van der Waals surface area contributed by atoms with Gasteiger partial charge < -0.3 is 14.2 Å². The topological polar surface area (TPSA) is 78.9 Å². The van der Waals surface area contributed by atoms with E-state index in [1.807, 2.05) is 0 Å². The van der Waals surface area contributed by atoms with E-state index < -0.39 is 6.10 Å². The van der Waals surface area contributed by atoms with E-state index in [0.717, 1.165) is 135 Å². The van der Waals surface area contributed by atoms with Gasteiger partial charge in [-0.15, -0.1) is 0 Å². The van der Waals surface area contributed by atoms with Gasteiger partial charge in [-0.1, -0.05) is 322 Å². The van der Waals surface area contributed by atoms with Crippen LogP contribution in [0.15, 0.2) is 122 Å². The Bertz CT molecular complexity index is 1700. The highest BCUT2D eigenvalue weighted by molar-refractivity contribution is 5.71. The fraction of sp³-hybridized carbons (Fsp3) is 0.701. The normalized spacial score (nSPS) is 12.9. The van der Waals surface area contributed by atoms with Gasteiger partial charge in [0.05, 0.1) is 0 Å². The summed E-state index contributed by atoms with van der Waals surface area (Å²) in [6.45, 7) is 6.40. The van der Waals surface area contributed by atoms with Crippen LogP contribution >= 0.6 is 0 Å². The van der Waals surface area contributed by atoms with Gasteiger partial charge in [0, 0.05) is 19.3 Å². The molecule has 1 unspecified atom stereocenters. The first kappa shape index (κ1) is 78.8. The molecule has 0 N–H and O–H groups in total. The molecule has 6 heteroatoms. The molecule has 0 fully saturated rings. The van der Waals surface area contributed by atoms with Crippen molar-refractivity contribution in [2.75, 3.05) is 13.2 Å². The Labute approximate surface area is 513 Å². The summed E-state index contributed by atoms with van der Waals surface area (Å²) in [7, 11) is 0. The number of ether oxygens (including phenoxy) is 3. The summed E-state index contributed by atoms with van der Waals surface area (Å²) in [4.78, 5) is 38.3. The molecule has 0 heterocycles. The first-order valence-electron chi connectivity index (χ1n) is 35.0.